The molecule has 0 radical (unpaired) electrons. The van der Waals surface area contributed by atoms with Crippen molar-refractivity contribution in [3.05, 3.63) is 18.3 Å². The number of anilines is 1. The Morgan fingerprint density at radius 3 is 3.04 bits per heavy atom. The van der Waals surface area contributed by atoms with E-state index in [1.54, 1.807) is 6.20 Å². The van der Waals surface area contributed by atoms with Gasteiger partial charge < -0.3 is 14.5 Å². The largest absolute Gasteiger partial charge is 0.374 e. The van der Waals surface area contributed by atoms with Gasteiger partial charge in [-0.15, -0.1) is 5.10 Å². The molecule has 2 fully saturated rings. The topological polar surface area (TPSA) is 61.8 Å². The molecule has 7 heteroatoms. The maximum absolute atomic E-state index is 12.6. The number of likely N-dealkylation sites (N-methyl/N-ethyl adjacent to an activating group) is 1. The third-order valence-corrected chi connectivity index (χ3v) is 5.13. The van der Waals surface area contributed by atoms with E-state index in [9.17, 15) is 4.79 Å². The summed E-state index contributed by atoms with van der Waals surface area (Å²) in [7, 11) is 1.99. The van der Waals surface area contributed by atoms with Crippen LogP contribution in [0.4, 0.5) is 5.82 Å². The van der Waals surface area contributed by atoms with Crippen LogP contribution < -0.4 is 4.90 Å². The number of carbonyl (C=O) groups excluding carboxylic acids is 1. The van der Waals surface area contributed by atoms with Crippen LogP contribution >= 0.6 is 0 Å². The Morgan fingerprint density at radius 1 is 1.40 bits per heavy atom. The molecule has 25 heavy (non-hydrogen) atoms. The molecule has 2 saturated heterocycles. The Balaban J connectivity index is 1.50. The minimum Gasteiger partial charge on any atom is -0.374 e. The highest BCUT2D eigenvalue weighted by molar-refractivity contribution is 5.78. The van der Waals surface area contributed by atoms with Gasteiger partial charge in [0.15, 0.2) is 5.82 Å². The van der Waals surface area contributed by atoms with Crippen LogP contribution in [0, 0.1) is 0 Å². The van der Waals surface area contributed by atoms with Gasteiger partial charge in [0, 0.05) is 45.5 Å². The lowest BCUT2D eigenvalue weighted by molar-refractivity contribution is -0.137. The molecule has 0 spiro atoms. The summed E-state index contributed by atoms with van der Waals surface area (Å²) in [6.07, 6.45) is 5.24. The van der Waals surface area contributed by atoms with Crippen molar-refractivity contribution in [2.45, 2.75) is 38.3 Å². The fourth-order valence-electron chi connectivity index (χ4n) is 3.68. The molecule has 1 aromatic rings. The first-order valence-corrected chi connectivity index (χ1v) is 9.26. The summed E-state index contributed by atoms with van der Waals surface area (Å²) >= 11 is 0. The molecule has 0 saturated carbocycles. The molecule has 0 aliphatic carbocycles. The summed E-state index contributed by atoms with van der Waals surface area (Å²) < 4.78 is 5.89. The molecule has 7 nitrogen and oxygen atoms in total. The van der Waals surface area contributed by atoms with E-state index in [0.717, 1.165) is 44.8 Å². The highest BCUT2D eigenvalue weighted by atomic mass is 16.5. The van der Waals surface area contributed by atoms with Crippen molar-refractivity contribution in [1.29, 1.82) is 0 Å². The van der Waals surface area contributed by atoms with Crippen molar-refractivity contribution in [2.24, 2.45) is 0 Å². The molecule has 2 aliphatic rings. The standard InChI is InChI=1S/C18H29N5O2/c1-15-6-3-4-9-23(15)18(24)14-22-10-11-25-16(13-22)12-21(2)17-7-5-8-19-20-17/h5,7-8,15-16H,3-4,6,9-14H2,1-2H3/t15-,16+/m0/s1. The zero-order chi connectivity index (χ0) is 17.6. The minimum atomic E-state index is 0.0762. The summed E-state index contributed by atoms with van der Waals surface area (Å²) in [4.78, 5) is 19.0. The van der Waals surface area contributed by atoms with E-state index < -0.39 is 0 Å². The van der Waals surface area contributed by atoms with Gasteiger partial charge in [0.25, 0.3) is 0 Å². The summed E-state index contributed by atoms with van der Waals surface area (Å²) in [6, 6.07) is 4.20. The third-order valence-electron chi connectivity index (χ3n) is 5.13. The SMILES string of the molecule is C[C@H]1CCCCN1C(=O)CN1CCO[C@H](CN(C)c2cccnn2)C1. The number of amides is 1. The molecule has 0 bridgehead atoms. The number of hydrogen-bond acceptors (Lipinski definition) is 6. The van der Waals surface area contributed by atoms with Gasteiger partial charge in [0.1, 0.15) is 0 Å². The summed E-state index contributed by atoms with van der Waals surface area (Å²) in [5.41, 5.74) is 0. The van der Waals surface area contributed by atoms with Crippen molar-refractivity contribution in [3.63, 3.8) is 0 Å². The first-order valence-electron chi connectivity index (χ1n) is 9.26. The highest BCUT2D eigenvalue weighted by Crippen LogP contribution is 2.17. The number of carbonyl (C=O) groups is 1. The maximum atomic E-state index is 12.6. The van der Waals surface area contributed by atoms with Gasteiger partial charge in [-0.05, 0) is 38.3 Å². The second-order valence-electron chi connectivity index (χ2n) is 7.12. The quantitative estimate of drug-likeness (QED) is 0.792. The van der Waals surface area contributed by atoms with Crippen molar-refractivity contribution < 1.29 is 9.53 Å². The van der Waals surface area contributed by atoms with Crippen LogP contribution in [0.2, 0.25) is 0 Å². The van der Waals surface area contributed by atoms with Crippen LogP contribution in [0.3, 0.4) is 0 Å². The molecule has 0 N–H and O–H groups in total. The van der Waals surface area contributed by atoms with Crippen molar-refractivity contribution in [1.82, 2.24) is 20.0 Å². The molecule has 3 rings (SSSR count). The number of piperidine rings is 1. The number of ether oxygens (including phenoxy) is 1. The molecule has 138 valence electrons. The van der Waals surface area contributed by atoms with E-state index >= 15 is 0 Å². The normalized spacial score (nSPS) is 25.0. The molecule has 2 aliphatic heterocycles. The van der Waals surface area contributed by atoms with E-state index in [2.05, 4.69) is 31.8 Å². The van der Waals surface area contributed by atoms with Crippen LogP contribution in [0.15, 0.2) is 18.3 Å². The lowest BCUT2D eigenvalue weighted by Gasteiger charge is -2.38. The average Bonchev–Trinajstić information content (AvgIpc) is 2.63. The van der Waals surface area contributed by atoms with E-state index in [1.807, 2.05) is 19.2 Å². The van der Waals surface area contributed by atoms with Crippen LogP contribution in [0.25, 0.3) is 0 Å². The smallest absolute Gasteiger partial charge is 0.236 e. The molecule has 0 aromatic carbocycles. The predicted molar refractivity (Wildman–Crippen MR) is 96.5 cm³/mol. The van der Waals surface area contributed by atoms with E-state index in [4.69, 9.17) is 4.74 Å². The Morgan fingerprint density at radius 2 is 2.28 bits per heavy atom. The van der Waals surface area contributed by atoms with Crippen molar-refractivity contribution >= 4 is 11.7 Å². The van der Waals surface area contributed by atoms with Crippen molar-refractivity contribution in [2.75, 3.05) is 51.3 Å². The summed E-state index contributed by atoms with van der Waals surface area (Å²) in [6.45, 7) is 6.57. The molecule has 1 amide bonds. The van der Waals surface area contributed by atoms with Crippen LogP contribution in [-0.2, 0) is 9.53 Å². The second kappa shape index (κ2) is 8.58. The monoisotopic (exact) mass is 347 g/mol. The zero-order valence-electron chi connectivity index (χ0n) is 15.3. The molecule has 0 unspecified atom stereocenters. The number of morpholine rings is 1. The number of rotatable bonds is 5. The van der Waals surface area contributed by atoms with E-state index in [-0.39, 0.29) is 12.0 Å². The Hall–Kier alpha value is -1.73. The van der Waals surface area contributed by atoms with Gasteiger partial charge in [-0.25, -0.2) is 0 Å². The van der Waals surface area contributed by atoms with E-state index in [0.29, 0.717) is 19.2 Å². The third kappa shape index (κ3) is 4.89. The van der Waals surface area contributed by atoms with Gasteiger partial charge in [0.05, 0.1) is 19.3 Å². The minimum absolute atomic E-state index is 0.0762. The van der Waals surface area contributed by atoms with Gasteiger partial charge in [0.2, 0.25) is 5.91 Å². The second-order valence-corrected chi connectivity index (χ2v) is 7.12. The van der Waals surface area contributed by atoms with Crippen molar-refractivity contribution in [3.8, 4) is 0 Å². The molecular weight excluding hydrogens is 318 g/mol. The Kier molecular flexibility index (Phi) is 6.20. The molecule has 2 atom stereocenters. The van der Waals surface area contributed by atoms with Gasteiger partial charge in [-0.2, -0.15) is 5.10 Å². The van der Waals surface area contributed by atoms with Crippen LogP contribution in [0.5, 0.6) is 0 Å². The molecule has 1 aromatic heterocycles. The van der Waals surface area contributed by atoms with Crippen LogP contribution in [0.1, 0.15) is 26.2 Å². The number of nitrogens with zero attached hydrogens (tertiary/aromatic N) is 5. The first-order chi connectivity index (χ1) is 12.1. The zero-order valence-corrected chi connectivity index (χ0v) is 15.3. The lowest BCUT2D eigenvalue weighted by Crippen LogP contribution is -2.52. The Labute approximate surface area is 149 Å². The summed E-state index contributed by atoms with van der Waals surface area (Å²) in [5.74, 6) is 1.09. The fraction of sp³-hybridized carbons (Fsp3) is 0.722. The number of likely N-dealkylation sites (tertiary alicyclic amines) is 1. The molecular formula is C18H29N5O2. The molecule has 3 heterocycles. The average molecular weight is 347 g/mol. The first kappa shape index (κ1) is 18.1. The van der Waals surface area contributed by atoms with Gasteiger partial charge >= 0.3 is 0 Å². The maximum Gasteiger partial charge on any atom is 0.236 e. The number of hydrogen-bond donors (Lipinski definition) is 0. The predicted octanol–water partition coefficient (Wildman–Crippen LogP) is 1.01. The Bertz CT molecular complexity index is 556. The summed E-state index contributed by atoms with van der Waals surface area (Å²) in [5, 5.41) is 8.05. The van der Waals surface area contributed by atoms with Gasteiger partial charge in [-0.1, -0.05) is 0 Å². The van der Waals surface area contributed by atoms with Crippen LogP contribution in [-0.4, -0.2) is 84.4 Å². The fourth-order valence-corrected chi connectivity index (χ4v) is 3.68. The van der Waals surface area contributed by atoms with Gasteiger partial charge in [-0.3, -0.25) is 9.69 Å². The highest BCUT2D eigenvalue weighted by Gasteiger charge is 2.28. The van der Waals surface area contributed by atoms with E-state index in [1.165, 1.54) is 6.42 Å². The lowest BCUT2D eigenvalue weighted by atomic mass is 10.0. The number of aromatic nitrogens is 2.